The topological polar surface area (TPSA) is 86.9 Å². The Balaban J connectivity index is 2.22. The maximum atomic E-state index is 12.3. The zero-order valence-electron chi connectivity index (χ0n) is 11.5. The van der Waals surface area contributed by atoms with E-state index in [1.807, 2.05) is 26.0 Å². The summed E-state index contributed by atoms with van der Waals surface area (Å²) in [6.07, 6.45) is 1.52. The molecule has 6 nitrogen and oxygen atoms in total. The molecule has 0 fully saturated rings. The van der Waals surface area contributed by atoms with Crippen molar-refractivity contribution in [3.8, 4) is 0 Å². The average molecular weight is 294 g/mol. The zero-order valence-corrected chi connectivity index (χ0v) is 12.3. The van der Waals surface area contributed by atoms with Gasteiger partial charge in [-0.3, -0.25) is 9.82 Å². The molecule has 2 aromatic rings. The average Bonchev–Trinajstić information content (AvgIpc) is 2.88. The standard InChI is InChI=1S/C13H18N4O2S/c1-3-14-8-11-9-15-16-13(11)20(18,19)17-12-6-4-10(2)5-7-12/h4-7,9,14,17H,3,8H2,1-2H3,(H,15,16). The number of rotatable bonds is 6. The Hall–Kier alpha value is -1.86. The number of H-pyrrole nitrogens is 1. The fraction of sp³-hybridized carbons (Fsp3) is 0.308. The van der Waals surface area contributed by atoms with E-state index in [1.54, 1.807) is 12.1 Å². The Morgan fingerprint density at radius 1 is 1.25 bits per heavy atom. The normalized spacial score (nSPS) is 11.5. The van der Waals surface area contributed by atoms with Crippen LogP contribution in [0, 0.1) is 6.92 Å². The van der Waals surface area contributed by atoms with Crippen molar-refractivity contribution < 1.29 is 8.42 Å². The molecule has 0 saturated heterocycles. The highest BCUT2D eigenvalue weighted by Crippen LogP contribution is 2.17. The predicted octanol–water partition coefficient (Wildman–Crippen LogP) is 1.63. The van der Waals surface area contributed by atoms with Crippen LogP contribution < -0.4 is 10.0 Å². The van der Waals surface area contributed by atoms with E-state index >= 15 is 0 Å². The number of hydrogen-bond acceptors (Lipinski definition) is 4. The molecule has 0 aliphatic rings. The molecule has 0 aliphatic carbocycles. The molecular formula is C13H18N4O2S. The number of benzene rings is 1. The zero-order chi connectivity index (χ0) is 14.6. The number of anilines is 1. The SMILES string of the molecule is CCNCc1cn[nH]c1S(=O)(=O)Nc1ccc(C)cc1. The molecule has 0 atom stereocenters. The minimum absolute atomic E-state index is 0.0963. The number of aromatic amines is 1. The quantitative estimate of drug-likeness (QED) is 0.755. The van der Waals surface area contributed by atoms with Crippen LogP contribution in [-0.4, -0.2) is 25.2 Å². The molecule has 0 bridgehead atoms. The summed E-state index contributed by atoms with van der Waals surface area (Å²) in [7, 11) is -3.65. The number of sulfonamides is 1. The fourth-order valence-electron chi connectivity index (χ4n) is 1.75. The molecule has 0 saturated carbocycles. The number of hydrogen-bond donors (Lipinski definition) is 3. The molecule has 2 rings (SSSR count). The van der Waals surface area contributed by atoms with Crippen LogP contribution in [0.25, 0.3) is 0 Å². The van der Waals surface area contributed by atoms with Gasteiger partial charge in [0.2, 0.25) is 0 Å². The van der Waals surface area contributed by atoms with Crippen molar-refractivity contribution in [2.24, 2.45) is 0 Å². The predicted molar refractivity (Wildman–Crippen MR) is 78.0 cm³/mol. The maximum Gasteiger partial charge on any atom is 0.279 e. The second-order valence-corrected chi connectivity index (χ2v) is 6.10. The van der Waals surface area contributed by atoms with Crippen molar-refractivity contribution in [1.82, 2.24) is 15.5 Å². The van der Waals surface area contributed by atoms with Gasteiger partial charge in [-0.1, -0.05) is 24.6 Å². The van der Waals surface area contributed by atoms with Crippen molar-refractivity contribution >= 4 is 15.7 Å². The van der Waals surface area contributed by atoms with Crippen LogP contribution >= 0.6 is 0 Å². The lowest BCUT2D eigenvalue weighted by molar-refractivity contribution is 0.594. The van der Waals surface area contributed by atoms with Crippen LogP contribution in [0.3, 0.4) is 0 Å². The van der Waals surface area contributed by atoms with E-state index in [9.17, 15) is 8.42 Å². The van der Waals surface area contributed by atoms with Gasteiger partial charge in [-0.25, -0.2) is 0 Å². The van der Waals surface area contributed by atoms with E-state index in [-0.39, 0.29) is 5.03 Å². The van der Waals surface area contributed by atoms with E-state index < -0.39 is 10.0 Å². The summed E-state index contributed by atoms with van der Waals surface area (Å²) >= 11 is 0. The van der Waals surface area contributed by atoms with Crippen LogP contribution in [0.5, 0.6) is 0 Å². The maximum absolute atomic E-state index is 12.3. The third kappa shape index (κ3) is 3.37. The Morgan fingerprint density at radius 2 is 1.95 bits per heavy atom. The van der Waals surface area contributed by atoms with Crippen LogP contribution in [0.2, 0.25) is 0 Å². The summed E-state index contributed by atoms with van der Waals surface area (Å²) in [6, 6.07) is 7.16. The highest BCUT2D eigenvalue weighted by molar-refractivity contribution is 7.92. The van der Waals surface area contributed by atoms with Gasteiger partial charge in [0.05, 0.1) is 6.20 Å². The smallest absolute Gasteiger partial charge is 0.279 e. The number of nitrogens with zero attached hydrogens (tertiary/aromatic N) is 1. The summed E-state index contributed by atoms with van der Waals surface area (Å²) in [5.41, 5.74) is 2.22. The molecule has 7 heteroatoms. The lowest BCUT2D eigenvalue weighted by Crippen LogP contribution is -2.18. The molecule has 0 radical (unpaired) electrons. The summed E-state index contributed by atoms with van der Waals surface area (Å²) in [6.45, 7) is 5.12. The van der Waals surface area contributed by atoms with Gasteiger partial charge in [-0.05, 0) is 25.6 Å². The molecule has 0 spiro atoms. The van der Waals surface area contributed by atoms with Crippen LogP contribution in [-0.2, 0) is 16.6 Å². The molecule has 1 heterocycles. The van der Waals surface area contributed by atoms with Gasteiger partial charge >= 0.3 is 0 Å². The van der Waals surface area contributed by atoms with Crippen molar-refractivity contribution in [2.75, 3.05) is 11.3 Å². The molecule has 0 amide bonds. The van der Waals surface area contributed by atoms with Crippen molar-refractivity contribution in [2.45, 2.75) is 25.4 Å². The summed E-state index contributed by atoms with van der Waals surface area (Å²) in [5, 5.41) is 9.54. The first-order valence-electron chi connectivity index (χ1n) is 6.35. The molecule has 0 aliphatic heterocycles. The minimum Gasteiger partial charge on any atom is -0.313 e. The summed E-state index contributed by atoms with van der Waals surface area (Å²) in [4.78, 5) is 0. The molecule has 3 N–H and O–H groups in total. The van der Waals surface area contributed by atoms with E-state index in [0.29, 0.717) is 17.8 Å². The van der Waals surface area contributed by atoms with Gasteiger partial charge in [-0.2, -0.15) is 13.5 Å². The van der Waals surface area contributed by atoms with Crippen LogP contribution in [0.4, 0.5) is 5.69 Å². The molecule has 20 heavy (non-hydrogen) atoms. The van der Waals surface area contributed by atoms with Crippen molar-refractivity contribution in [3.05, 3.63) is 41.6 Å². The molecular weight excluding hydrogens is 276 g/mol. The first kappa shape index (κ1) is 14.5. The minimum atomic E-state index is -3.65. The third-order valence-electron chi connectivity index (χ3n) is 2.82. The van der Waals surface area contributed by atoms with E-state index in [2.05, 4.69) is 20.2 Å². The lowest BCUT2D eigenvalue weighted by Gasteiger charge is -2.08. The largest absolute Gasteiger partial charge is 0.313 e. The lowest BCUT2D eigenvalue weighted by atomic mass is 10.2. The van der Waals surface area contributed by atoms with Gasteiger partial charge < -0.3 is 5.32 Å². The van der Waals surface area contributed by atoms with Gasteiger partial charge in [0.1, 0.15) is 0 Å². The van der Waals surface area contributed by atoms with E-state index in [4.69, 9.17) is 0 Å². The highest BCUT2D eigenvalue weighted by Gasteiger charge is 2.20. The van der Waals surface area contributed by atoms with Gasteiger partial charge in [0, 0.05) is 17.8 Å². The third-order valence-corrected chi connectivity index (χ3v) is 4.21. The molecule has 1 aromatic heterocycles. The van der Waals surface area contributed by atoms with Crippen molar-refractivity contribution in [1.29, 1.82) is 0 Å². The molecule has 1 aromatic carbocycles. The summed E-state index contributed by atoms with van der Waals surface area (Å²) < 4.78 is 27.2. The summed E-state index contributed by atoms with van der Waals surface area (Å²) in [5.74, 6) is 0. The number of nitrogens with one attached hydrogen (secondary N) is 3. The Labute approximate surface area is 118 Å². The first-order valence-corrected chi connectivity index (χ1v) is 7.83. The Morgan fingerprint density at radius 3 is 2.60 bits per heavy atom. The van der Waals surface area contributed by atoms with Gasteiger partial charge in [-0.15, -0.1) is 0 Å². The number of aryl methyl sites for hydroxylation is 1. The van der Waals surface area contributed by atoms with Gasteiger partial charge in [0.15, 0.2) is 5.03 Å². The molecule has 108 valence electrons. The van der Waals surface area contributed by atoms with Gasteiger partial charge in [0.25, 0.3) is 10.0 Å². The second kappa shape index (κ2) is 6.06. The van der Waals surface area contributed by atoms with Crippen LogP contribution in [0.1, 0.15) is 18.1 Å². The van der Waals surface area contributed by atoms with E-state index in [0.717, 1.165) is 12.1 Å². The van der Waals surface area contributed by atoms with Crippen molar-refractivity contribution in [3.63, 3.8) is 0 Å². The fourth-order valence-corrected chi connectivity index (χ4v) is 2.94. The number of aromatic nitrogens is 2. The monoisotopic (exact) mass is 294 g/mol. The Kier molecular flexibility index (Phi) is 4.41. The van der Waals surface area contributed by atoms with Crippen LogP contribution in [0.15, 0.2) is 35.5 Å². The molecule has 0 unspecified atom stereocenters. The highest BCUT2D eigenvalue weighted by atomic mass is 32.2. The second-order valence-electron chi connectivity index (χ2n) is 4.48. The Bertz CT molecular complexity index is 662. The first-order chi connectivity index (χ1) is 9.53. The van der Waals surface area contributed by atoms with E-state index in [1.165, 1.54) is 6.20 Å².